The Morgan fingerprint density at radius 3 is 2.62 bits per heavy atom. The number of aromatic nitrogens is 2. The second-order valence-corrected chi connectivity index (χ2v) is 7.47. The molecule has 26 heavy (non-hydrogen) atoms. The van der Waals surface area contributed by atoms with Gasteiger partial charge < -0.3 is 0 Å². The van der Waals surface area contributed by atoms with Crippen molar-refractivity contribution >= 4 is 43.6 Å². The van der Waals surface area contributed by atoms with Crippen molar-refractivity contribution in [1.82, 2.24) is 15.4 Å². The lowest BCUT2D eigenvalue weighted by molar-refractivity contribution is 0.0943. The van der Waals surface area contributed by atoms with Gasteiger partial charge in [-0.05, 0) is 46.5 Å². The van der Waals surface area contributed by atoms with Gasteiger partial charge in [0.1, 0.15) is 6.07 Å². The molecule has 134 valence electrons. The molecule has 1 N–H and O–H groups in total. The summed E-state index contributed by atoms with van der Waals surface area (Å²) in [5.41, 5.74) is 4.65. The van der Waals surface area contributed by atoms with Crippen LogP contribution in [0.4, 0.5) is 5.82 Å². The molecule has 1 fully saturated rings. The number of benzene rings is 1. The number of halogens is 2. The lowest BCUT2D eigenvalue weighted by atomic mass is 10.1. The van der Waals surface area contributed by atoms with Gasteiger partial charge in [0.25, 0.3) is 5.91 Å². The number of carbonyl (C=O) groups excluding carboxylic acids is 1. The normalized spacial score (nSPS) is 14.0. The third kappa shape index (κ3) is 4.22. The van der Waals surface area contributed by atoms with Crippen LogP contribution in [0.1, 0.15) is 47.4 Å². The molecule has 1 amide bonds. The number of nitrogens with zero attached hydrogens (tertiary/aromatic N) is 4. The van der Waals surface area contributed by atoms with Gasteiger partial charge in [-0.1, -0.05) is 40.9 Å². The summed E-state index contributed by atoms with van der Waals surface area (Å²) in [4.78, 5) is 21.0. The maximum Gasteiger partial charge on any atom is 0.269 e. The van der Waals surface area contributed by atoms with Crippen LogP contribution in [0.15, 0.2) is 34.9 Å². The maximum atomic E-state index is 12.8. The molecule has 0 unspecified atom stereocenters. The first-order valence-corrected chi connectivity index (χ1v) is 10.2. The van der Waals surface area contributed by atoms with Crippen molar-refractivity contribution in [3.63, 3.8) is 0 Å². The molecule has 1 aliphatic carbocycles. The van der Waals surface area contributed by atoms with Crippen LogP contribution < -0.4 is 10.4 Å². The van der Waals surface area contributed by atoms with Crippen LogP contribution in [-0.2, 0) is 5.33 Å². The summed E-state index contributed by atoms with van der Waals surface area (Å²) in [6, 6.07) is 9.52. The van der Waals surface area contributed by atoms with E-state index in [9.17, 15) is 4.79 Å². The molecule has 1 aromatic heterocycles. The van der Waals surface area contributed by atoms with E-state index in [1.807, 2.05) is 18.2 Å². The third-order valence-corrected chi connectivity index (χ3v) is 5.54. The molecule has 0 bridgehead atoms. The Kier molecular flexibility index (Phi) is 6.22. The van der Waals surface area contributed by atoms with Gasteiger partial charge in [0, 0.05) is 17.1 Å². The zero-order valence-corrected chi connectivity index (χ0v) is 17.1. The second-order valence-electron chi connectivity index (χ2n) is 6.06. The van der Waals surface area contributed by atoms with E-state index in [0.717, 1.165) is 36.6 Å². The van der Waals surface area contributed by atoms with Crippen LogP contribution in [0.2, 0.25) is 0 Å². The molecule has 0 spiro atoms. The smallest absolute Gasteiger partial charge is 0.267 e. The Bertz CT molecular complexity index is 828. The van der Waals surface area contributed by atoms with Gasteiger partial charge in [0.05, 0.1) is 10.5 Å². The lowest BCUT2D eigenvalue weighted by Crippen LogP contribution is -2.48. The quantitative estimate of drug-likeness (QED) is 0.516. The van der Waals surface area contributed by atoms with Gasteiger partial charge in [-0.15, -0.1) is 0 Å². The minimum Gasteiger partial charge on any atom is -0.267 e. The van der Waals surface area contributed by atoms with E-state index < -0.39 is 0 Å². The standard InChI is InChI=1S/C18H17Br2N5O/c19-9-12-5-7-13(8-6-12)18(26)24-25(14-3-1-2-4-14)17-15(20)11-22-16(10-21)23-17/h5-8,11,14H,1-4,9H2,(H,24,26). The van der Waals surface area contributed by atoms with Crippen molar-refractivity contribution in [2.24, 2.45) is 0 Å². The van der Waals surface area contributed by atoms with Crippen LogP contribution in [0.25, 0.3) is 0 Å². The SMILES string of the molecule is N#Cc1ncc(Br)c(N(NC(=O)c2ccc(CBr)cc2)C2CCCC2)n1. The predicted molar refractivity (Wildman–Crippen MR) is 106 cm³/mol. The van der Waals surface area contributed by atoms with E-state index >= 15 is 0 Å². The zero-order valence-electron chi connectivity index (χ0n) is 14.0. The molecule has 1 saturated carbocycles. The van der Waals surface area contributed by atoms with Crippen molar-refractivity contribution < 1.29 is 4.79 Å². The molecule has 8 heteroatoms. The number of nitriles is 1. The number of amides is 1. The molecular formula is C18H17Br2N5O. The summed E-state index contributed by atoms with van der Waals surface area (Å²) in [6.07, 6.45) is 5.66. The molecule has 1 heterocycles. The van der Waals surface area contributed by atoms with E-state index in [1.54, 1.807) is 23.3 Å². The first-order chi connectivity index (χ1) is 12.6. The monoisotopic (exact) mass is 477 g/mol. The first-order valence-electron chi connectivity index (χ1n) is 8.30. The number of alkyl halides is 1. The average Bonchev–Trinajstić information content (AvgIpc) is 3.21. The van der Waals surface area contributed by atoms with Crippen molar-refractivity contribution in [1.29, 1.82) is 5.26 Å². The number of carbonyl (C=O) groups is 1. The summed E-state index contributed by atoms with van der Waals surface area (Å²) < 4.78 is 0.637. The van der Waals surface area contributed by atoms with Gasteiger partial charge in [0.2, 0.25) is 5.82 Å². The number of rotatable bonds is 5. The van der Waals surface area contributed by atoms with Crippen LogP contribution >= 0.6 is 31.9 Å². The molecule has 3 rings (SSSR count). The van der Waals surface area contributed by atoms with Crippen molar-refractivity contribution in [2.45, 2.75) is 37.1 Å². The van der Waals surface area contributed by atoms with Crippen molar-refractivity contribution in [3.8, 4) is 6.07 Å². The summed E-state index contributed by atoms with van der Waals surface area (Å²) in [7, 11) is 0. The Balaban J connectivity index is 1.89. The highest BCUT2D eigenvalue weighted by Gasteiger charge is 2.27. The fraction of sp³-hybridized carbons (Fsp3) is 0.333. The maximum absolute atomic E-state index is 12.8. The molecule has 0 atom stereocenters. The summed E-state index contributed by atoms with van der Waals surface area (Å²) in [5, 5.41) is 11.6. The molecule has 1 aromatic carbocycles. The minimum absolute atomic E-state index is 0.0714. The molecule has 0 saturated heterocycles. The van der Waals surface area contributed by atoms with E-state index in [-0.39, 0.29) is 17.8 Å². The molecule has 6 nitrogen and oxygen atoms in total. The van der Waals surface area contributed by atoms with Crippen LogP contribution in [0.3, 0.4) is 0 Å². The third-order valence-electron chi connectivity index (χ3n) is 4.34. The van der Waals surface area contributed by atoms with Gasteiger partial charge in [-0.25, -0.2) is 4.98 Å². The Morgan fingerprint density at radius 1 is 1.31 bits per heavy atom. The molecular weight excluding hydrogens is 462 g/mol. The second kappa shape index (κ2) is 8.60. The van der Waals surface area contributed by atoms with Crippen LogP contribution in [0, 0.1) is 11.3 Å². The van der Waals surface area contributed by atoms with Gasteiger partial charge in [0.15, 0.2) is 5.82 Å². The highest BCUT2D eigenvalue weighted by molar-refractivity contribution is 9.10. The molecule has 1 aliphatic rings. The number of hydrogen-bond donors (Lipinski definition) is 1. The molecule has 0 radical (unpaired) electrons. The average molecular weight is 479 g/mol. The number of anilines is 1. The molecule has 0 aliphatic heterocycles. The van der Waals surface area contributed by atoms with Gasteiger partial charge in [-0.2, -0.15) is 10.2 Å². The summed E-state index contributed by atoms with van der Waals surface area (Å²) >= 11 is 6.84. The number of hydrogen-bond acceptors (Lipinski definition) is 5. The highest BCUT2D eigenvalue weighted by Crippen LogP contribution is 2.30. The summed E-state index contributed by atoms with van der Waals surface area (Å²) in [6.45, 7) is 0. The van der Waals surface area contributed by atoms with E-state index in [4.69, 9.17) is 5.26 Å². The van der Waals surface area contributed by atoms with Crippen LogP contribution in [0.5, 0.6) is 0 Å². The van der Waals surface area contributed by atoms with E-state index in [0.29, 0.717) is 15.9 Å². The number of nitrogens with one attached hydrogen (secondary N) is 1. The van der Waals surface area contributed by atoms with E-state index in [2.05, 4.69) is 47.3 Å². The fourth-order valence-electron chi connectivity index (χ4n) is 2.98. The number of hydrazine groups is 1. The topological polar surface area (TPSA) is 81.9 Å². The Labute approximate surface area is 168 Å². The first kappa shape index (κ1) is 18.8. The van der Waals surface area contributed by atoms with Gasteiger partial charge in [-0.3, -0.25) is 15.2 Å². The lowest BCUT2D eigenvalue weighted by Gasteiger charge is -2.30. The summed E-state index contributed by atoms with van der Waals surface area (Å²) in [5.74, 6) is 0.373. The zero-order chi connectivity index (χ0) is 18.5. The molecule has 2 aromatic rings. The largest absolute Gasteiger partial charge is 0.269 e. The Morgan fingerprint density at radius 2 is 2.00 bits per heavy atom. The minimum atomic E-state index is -0.206. The van der Waals surface area contributed by atoms with E-state index in [1.165, 1.54) is 0 Å². The van der Waals surface area contributed by atoms with Gasteiger partial charge >= 0.3 is 0 Å². The van der Waals surface area contributed by atoms with Crippen LogP contribution in [-0.4, -0.2) is 21.9 Å². The van der Waals surface area contributed by atoms with Crippen molar-refractivity contribution in [2.75, 3.05) is 5.01 Å². The predicted octanol–water partition coefficient (Wildman–Crippen LogP) is 4.10. The highest BCUT2D eigenvalue weighted by atomic mass is 79.9. The van der Waals surface area contributed by atoms with Crippen molar-refractivity contribution in [3.05, 3.63) is 51.9 Å². The fourth-order valence-corrected chi connectivity index (χ4v) is 3.74. The Hall–Kier alpha value is -1.98.